The highest BCUT2D eigenvalue weighted by Gasteiger charge is 2.71. The molecule has 0 spiro atoms. The van der Waals surface area contributed by atoms with Crippen LogP contribution in [-0.4, -0.2) is 222 Å². The Kier molecular flexibility index (Phi) is 17.0. The maximum atomic E-state index is 15.2. The third-order valence-corrected chi connectivity index (χ3v) is 22.0. The van der Waals surface area contributed by atoms with Gasteiger partial charge in [-0.05, 0) is 111 Å². The number of fused-ring (bicyclic) bond motifs is 7. The minimum Gasteiger partial charge on any atom is -0.432 e. The Labute approximate surface area is 450 Å². The number of hydrogen-bond donors (Lipinski definition) is 13. The van der Waals surface area contributed by atoms with E-state index in [2.05, 4.69) is 40.7 Å². The van der Waals surface area contributed by atoms with Crippen LogP contribution in [0.2, 0.25) is 0 Å². The lowest BCUT2D eigenvalue weighted by atomic mass is 9.33. The van der Waals surface area contributed by atoms with Crippen LogP contribution in [0.5, 0.6) is 0 Å². The van der Waals surface area contributed by atoms with E-state index >= 15 is 4.79 Å². The van der Waals surface area contributed by atoms with Crippen LogP contribution in [0.1, 0.15) is 120 Å². The second kappa shape index (κ2) is 21.9. The molecule has 4 saturated heterocycles. The van der Waals surface area contributed by atoms with E-state index in [4.69, 9.17) is 37.9 Å². The van der Waals surface area contributed by atoms with Crippen LogP contribution in [0.4, 0.5) is 0 Å². The number of ether oxygens (including phenoxy) is 8. The Morgan fingerprint density at radius 2 is 1.18 bits per heavy atom. The molecule has 0 aromatic carbocycles. The van der Waals surface area contributed by atoms with E-state index in [0.717, 1.165) is 25.7 Å². The molecule has 5 aliphatic carbocycles. The van der Waals surface area contributed by atoms with Gasteiger partial charge in [0.2, 0.25) is 6.29 Å². The topological polar surface area (TPSA) is 354 Å². The van der Waals surface area contributed by atoms with Crippen LogP contribution in [0, 0.1) is 56.2 Å². The number of carbonyl (C=O) groups is 1. The standard InChI is InChI=1S/C55H90O22/c1-24-25(2)71-46(40(65)34(24)59)76-44-29(21-57)73-45(43(68)39(44)64)70-22-30-36(61)38(63)42(67)48(74-30)77-49(69)55-17-15-50(3,4)19-27(55)26-9-10-32-51(5)13-12-33(75-47-41(66)37(62)35(60)28(20-56)72-47)52(6,23-58)31(51)11-14-54(32,8)53(26,7)16-18-55/h9,24-25,27-48,56-68H,10-23H2,1-8H3/t24-,25-,27-,28+,29+,30+,31+,32+,33-,34+,35+,36+,37-,38-,39+,40+,41+,42+,43+,44+,45+,46-,47-,48-,51-,52-,53+,54+,55-/m0/s1. The van der Waals surface area contributed by atoms with Crippen LogP contribution in [-0.2, 0) is 42.7 Å². The number of hydrogen-bond acceptors (Lipinski definition) is 22. The van der Waals surface area contributed by atoms with E-state index in [1.807, 2.05) is 6.92 Å². The van der Waals surface area contributed by atoms with Crippen molar-refractivity contribution in [1.29, 1.82) is 0 Å². The number of rotatable bonds is 12. The summed E-state index contributed by atoms with van der Waals surface area (Å²) in [6.07, 6.45) is -20.3. The summed E-state index contributed by atoms with van der Waals surface area (Å²) in [7, 11) is 0. The molecule has 0 bridgehead atoms. The van der Waals surface area contributed by atoms with E-state index in [0.29, 0.717) is 38.5 Å². The molecular formula is C55H90O22. The fraction of sp³-hybridized carbons (Fsp3) is 0.945. The SMILES string of the molecule is C[C@@H]1[C@@H](O)[C@@H](O)[C@H](O[C@H]2[C@H](O)[C@@H](O)[C@H](OC[C@H]3O[C@@H](OC(=O)[C@]45CCC(C)(C)C[C@H]4C4=CC[C@@H]6[C@@]7(C)CC[C@H](O[C@@H]8O[C@H](CO)[C@@H](O)[C@H](O)[C@H]8O)[C@@](C)(CO)[C@@H]7CC[C@@]6(C)[C@]4(C)CC5)[C@H](O)[C@@H](O)[C@@H]3O)O[C@@H]2CO)O[C@H]1C. The summed E-state index contributed by atoms with van der Waals surface area (Å²) in [6.45, 7) is 14.7. The molecule has 0 unspecified atom stereocenters. The average molecular weight is 1100 g/mol. The second-order valence-corrected chi connectivity index (χ2v) is 26.5. The predicted octanol–water partition coefficient (Wildman–Crippen LogP) is -0.760. The molecule has 4 saturated carbocycles. The van der Waals surface area contributed by atoms with Gasteiger partial charge in [0.05, 0.1) is 50.2 Å². The van der Waals surface area contributed by atoms with Crippen LogP contribution < -0.4 is 0 Å². The van der Waals surface area contributed by atoms with Crippen molar-refractivity contribution in [3.05, 3.63) is 11.6 Å². The third kappa shape index (κ3) is 9.81. The lowest BCUT2D eigenvalue weighted by Gasteiger charge is -2.71. The number of carbonyl (C=O) groups excluding carboxylic acids is 1. The fourth-order valence-corrected chi connectivity index (χ4v) is 16.5. The normalized spacial score (nSPS) is 54.7. The van der Waals surface area contributed by atoms with Gasteiger partial charge >= 0.3 is 5.97 Å². The molecule has 0 aromatic heterocycles. The molecule has 0 radical (unpaired) electrons. The zero-order chi connectivity index (χ0) is 56.3. The summed E-state index contributed by atoms with van der Waals surface area (Å²) in [4.78, 5) is 15.2. The highest BCUT2D eigenvalue weighted by Crippen LogP contribution is 2.76. The average Bonchev–Trinajstić information content (AvgIpc) is 3.41. The van der Waals surface area contributed by atoms with E-state index in [-0.39, 0.29) is 46.0 Å². The van der Waals surface area contributed by atoms with Crippen molar-refractivity contribution in [2.24, 2.45) is 56.2 Å². The Bertz CT molecular complexity index is 2110. The Balaban J connectivity index is 0.899. The first-order valence-corrected chi connectivity index (χ1v) is 28.2. The first-order chi connectivity index (χ1) is 36.1. The predicted molar refractivity (Wildman–Crippen MR) is 266 cm³/mol. The summed E-state index contributed by atoms with van der Waals surface area (Å²) in [5.41, 5.74) is -1.64. The van der Waals surface area contributed by atoms with Crippen LogP contribution in [0.15, 0.2) is 11.6 Å². The second-order valence-electron chi connectivity index (χ2n) is 26.5. The zero-order valence-corrected chi connectivity index (χ0v) is 45.8. The number of aliphatic hydroxyl groups excluding tert-OH is 13. The van der Waals surface area contributed by atoms with Gasteiger partial charge in [0.1, 0.15) is 79.4 Å². The monoisotopic (exact) mass is 1100 g/mol. The fourth-order valence-electron chi connectivity index (χ4n) is 16.5. The molecular weight excluding hydrogens is 1010 g/mol. The molecule has 4 heterocycles. The minimum absolute atomic E-state index is 0.0185. The summed E-state index contributed by atoms with van der Waals surface area (Å²) in [6, 6.07) is 0. The van der Waals surface area contributed by atoms with Crippen molar-refractivity contribution >= 4 is 5.97 Å². The molecule has 22 nitrogen and oxygen atoms in total. The van der Waals surface area contributed by atoms with Crippen LogP contribution >= 0.6 is 0 Å². The minimum atomic E-state index is -1.87. The van der Waals surface area contributed by atoms with Crippen LogP contribution in [0.25, 0.3) is 0 Å². The van der Waals surface area contributed by atoms with Crippen molar-refractivity contribution in [3.8, 4) is 0 Å². The molecule has 0 aromatic rings. The molecule has 8 fully saturated rings. The molecule has 9 aliphatic rings. The lowest BCUT2D eigenvalue weighted by molar-refractivity contribution is -0.359. The van der Waals surface area contributed by atoms with Gasteiger partial charge in [-0.25, -0.2) is 0 Å². The lowest BCUT2D eigenvalue weighted by Crippen LogP contribution is -2.67. The van der Waals surface area contributed by atoms with E-state index < -0.39 is 165 Å². The number of aliphatic hydroxyl groups is 13. The molecule has 29 atom stereocenters. The first kappa shape index (κ1) is 60.0. The van der Waals surface area contributed by atoms with Gasteiger partial charge in [-0.1, -0.05) is 60.1 Å². The summed E-state index contributed by atoms with van der Waals surface area (Å²) in [5, 5.41) is 141. The smallest absolute Gasteiger partial charge is 0.315 e. The van der Waals surface area contributed by atoms with E-state index in [1.165, 1.54) is 5.57 Å². The Morgan fingerprint density at radius 3 is 1.84 bits per heavy atom. The van der Waals surface area contributed by atoms with Gasteiger partial charge in [0, 0.05) is 11.3 Å². The number of allylic oxidation sites excluding steroid dienone is 2. The largest absolute Gasteiger partial charge is 0.432 e. The van der Waals surface area contributed by atoms with E-state index in [9.17, 15) is 66.4 Å². The van der Waals surface area contributed by atoms with Gasteiger partial charge in [0.15, 0.2) is 18.9 Å². The van der Waals surface area contributed by atoms with E-state index in [1.54, 1.807) is 13.8 Å². The van der Waals surface area contributed by atoms with Crippen molar-refractivity contribution in [1.82, 2.24) is 0 Å². The highest BCUT2D eigenvalue weighted by atomic mass is 16.8. The summed E-state index contributed by atoms with van der Waals surface area (Å²) in [5.74, 6) is -1.15. The van der Waals surface area contributed by atoms with Gasteiger partial charge < -0.3 is 104 Å². The molecule has 13 N–H and O–H groups in total. The van der Waals surface area contributed by atoms with Gasteiger partial charge in [0.25, 0.3) is 0 Å². The zero-order valence-electron chi connectivity index (χ0n) is 45.8. The summed E-state index contributed by atoms with van der Waals surface area (Å²) < 4.78 is 47.6. The quantitative estimate of drug-likeness (QED) is 0.0649. The first-order valence-electron chi connectivity index (χ1n) is 28.2. The van der Waals surface area contributed by atoms with Crippen molar-refractivity contribution in [2.75, 3.05) is 26.4 Å². The molecule has 4 aliphatic heterocycles. The maximum Gasteiger partial charge on any atom is 0.315 e. The highest BCUT2D eigenvalue weighted by molar-refractivity contribution is 5.79. The van der Waals surface area contributed by atoms with Gasteiger partial charge in [-0.3, -0.25) is 4.79 Å². The third-order valence-electron chi connectivity index (χ3n) is 22.0. The molecule has 0 amide bonds. The Hall–Kier alpha value is -1.59. The van der Waals surface area contributed by atoms with Gasteiger partial charge in [-0.15, -0.1) is 0 Å². The van der Waals surface area contributed by atoms with Crippen LogP contribution in [0.3, 0.4) is 0 Å². The molecule has 442 valence electrons. The molecule has 77 heavy (non-hydrogen) atoms. The van der Waals surface area contributed by atoms with Crippen molar-refractivity contribution in [3.63, 3.8) is 0 Å². The van der Waals surface area contributed by atoms with Gasteiger partial charge in [-0.2, -0.15) is 0 Å². The van der Waals surface area contributed by atoms with Crippen molar-refractivity contribution in [2.45, 2.75) is 242 Å². The summed E-state index contributed by atoms with van der Waals surface area (Å²) >= 11 is 0. The Morgan fingerprint density at radius 1 is 0.597 bits per heavy atom. The molecule has 22 heteroatoms. The van der Waals surface area contributed by atoms with Crippen molar-refractivity contribution < 1.29 is 109 Å². The molecule has 9 rings (SSSR count). The maximum absolute atomic E-state index is 15.2. The number of esters is 1.